The predicted octanol–water partition coefficient (Wildman–Crippen LogP) is 6.13. The van der Waals surface area contributed by atoms with Crippen molar-refractivity contribution in [1.82, 2.24) is 0 Å². The highest BCUT2D eigenvalue weighted by Gasteiger charge is 2.38. The van der Waals surface area contributed by atoms with Crippen molar-refractivity contribution in [2.24, 2.45) is 7.05 Å². The van der Waals surface area contributed by atoms with Gasteiger partial charge in [-0.25, -0.2) is 4.57 Å². The number of aryl methyl sites for hydroxylation is 2. The third-order valence-corrected chi connectivity index (χ3v) is 6.49. The smallest absolute Gasteiger partial charge is 0.201 e. The summed E-state index contributed by atoms with van der Waals surface area (Å²) in [4.78, 5) is 0. The van der Waals surface area contributed by atoms with E-state index < -0.39 is 0 Å². The van der Waals surface area contributed by atoms with E-state index in [-0.39, 0.29) is 16.2 Å². The fraction of sp³-hybridized carbons (Fsp3) is 0.560. The fourth-order valence-electron chi connectivity index (χ4n) is 4.30. The zero-order valence-corrected chi connectivity index (χ0v) is 18.2. The van der Waals surface area contributed by atoms with Crippen LogP contribution < -0.4 is 4.57 Å². The van der Waals surface area contributed by atoms with Gasteiger partial charge in [-0.15, -0.1) is 0 Å². The summed E-state index contributed by atoms with van der Waals surface area (Å²) in [5, 5.41) is 0. The summed E-state index contributed by atoms with van der Waals surface area (Å²) in [5.41, 5.74) is 9.22. The minimum absolute atomic E-state index is 0.159. The lowest BCUT2D eigenvalue weighted by molar-refractivity contribution is -0.660. The number of nitrogens with zero attached hydrogens (tertiary/aromatic N) is 1. The van der Waals surface area contributed by atoms with Crippen molar-refractivity contribution < 1.29 is 4.57 Å². The quantitative estimate of drug-likeness (QED) is 0.544. The first-order valence-corrected chi connectivity index (χ1v) is 9.99. The van der Waals surface area contributed by atoms with E-state index in [0.717, 1.165) is 0 Å². The number of pyridine rings is 1. The van der Waals surface area contributed by atoms with Gasteiger partial charge >= 0.3 is 0 Å². The topological polar surface area (TPSA) is 3.88 Å². The largest absolute Gasteiger partial charge is 0.212 e. The van der Waals surface area contributed by atoms with Gasteiger partial charge in [-0.05, 0) is 64.3 Å². The van der Waals surface area contributed by atoms with E-state index in [0.29, 0.717) is 0 Å². The van der Waals surface area contributed by atoms with Crippen molar-refractivity contribution in [1.29, 1.82) is 0 Å². The van der Waals surface area contributed by atoms with Gasteiger partial charge in [0.25, 0.3) is 0 Å². The van der Waals surface area contributed by atoms with Crippen LogP contribution in [0.25, 0.3) is 11.3 Å². The van der Waals surface area contributed by atoms with Crippen molar-refractivity contribution in [3.8, 4) is 11.3 Å². The second-order valence-electron chi connectivity index (χ2n) is 10.6. The SMILES string of the molecule is Cc1cc2c(cc1-c1cc(C(C)(C)C)cc[n+]1C)C(C)(C)CCC2(C)C. The summed E-state index contributed by atoms with van der Waals surface area (Å²) < 4.78 is 2.27. The second kappa shape index (κ2) is 5.94. The molecular weight excluding hydrogens is 314 g/mol. The van der Waals surface area contributed by atoms with Gasteiger partial charge in [0.2, 0.25) is 5.69 Å². The van der Waals surface area contributed by atoms with Gasteiger partial charge in [0.05, 0.1) is 0 Å². The van der Waals surface area contributed by atoms with Crippen LogP contribution in [0.3, 0.4) is 0 Å². The van der Waals surface area contributed by atoms with Gasteiger partial charge in [-0.3, -0.25) is 0 Å². The predicted molar refractivity (Wildman–Crippen MR) is 112 cm³/mol. The van der Waals surface area contributed by atoms with Crippen molar-refractivity contribution in [3.63, 3.8) is 0 Å². The molecule has 0 aliphatic heterocycles. The summed E-state index contributed by atoms with van der Waals surface area (Å²) in [6.07, 6.45) is 4.73. The highest BCUT2D eigenvalue weighted by molar-refractivity contribution is 5.66. The molecule has 26 heavy (non-hydrogen) atoms. The van der Waals surface area contributed by atoms with Crippen molar-refractivity contribution in [2.75, 3.05) is 0 Å². The maximum absolute atomic E-state index is 2.49. The Morgan fingerprint density at radius 2 is 1.42 bits per heavy atom. The summed E-state index contributed by atoms with van der Waals surface area (Å²) in [6.45, 7) is 18.8. The number of hydrogen-bond acceptors (Lipinski definition) is 0. The number of aromatic nitrogens is 1. The van der Waals surface area contributed by atoms with E-state index in [1.807, 2.05) is 0 Å². The molecule has 0 spiro atoms. The average molecular weight is 351 g/mol. The van der Waals surface area contributed by atoms with Crippen molar-refractivity contribution in [3.05, 3.63) is 52.7 Å². The van der Waals surface area contributed by atoms with Gasteiger partial charge < -0.3 is 0 Å². The van der Waals surface area contributed by atoms with E-state index in [2.05, 4.69) is 97.5 Å². The first-order valence-electron chi connectivity index (χ1n) is 9.99. The number of benzene rings is 1. The first-order chi connectivity index (χ1) is 11.8. The molecule has 0 saturated heterocycles. The standard InChI is InChI=1S/C25H36N/c1-17-14-20-21(25(7,8)12-11-24(20,5)6)16-19(17)22-15-18(23(2,3)4)10-13-26(22)9/h10,13-16H,11-12H2,1-9H3/q+1. The number of fused-ring (bicyclic) bond motifs is 1. The van der Waals surface area contributed by atoms with Crippen LogP contribution in [-0.4, -0.2) is 0 Å². The molecule has 140 valence electrons. The monoisotopic (exact) mass is 350 g/mol. The van der Waals surface area contributed by atoms with E-state index >= 15 is 0 Å². The molecule has 2 aromatic rings. The Morgan fingerprint density at radius 1 is 0.885 bits per heavy atom. The third-order valence-electron chi connectivity index (χ3n) is 6.49. The molecular formula is C25H36N+. The highest BCUT2D eigenvalue weighted by atomic mass is 14.9. The van der Waals surface area contributed by atoms with Gasteiger partial charge in [-0.1, -0.05) is 54.5 Å². The number of hydrogen-bond donors (Lipinski definition) is 0. The van der Waals surface area contributed by atoms with Gasteiger partial charge in [0, 0.05) is 17.7 Å². The lowest BCUT2D eigenvalue weighted by atomic mass is 9.62. The minimum atomic E-state index is 0.159. The maximum Gasteiger partial charge on any atom is 0.212 e. The Kier molecular flexibility index (Phi) is 4.37. The Hall–Kier alpha value is -1.63. The molecule has 0 amide bonds. The van der Waals surface area contributed by atoms with Crippen LogP contribution >= 0.6 is 0 Å². The molecule has 1 heteroatoms. The van der Waals surface area contributed by atoms with E-state index in [1.54, 1.807) is 5.56 Å². The highest BCUT2D eigenvalue weighted by Crippen LogP contribution is 2.47. The lowest BCUT2D eigenvalue weighted by Gasteiger charge is -2.42. The van der Waals surface area contributed by atoms with Crippen LogP contribution in [0.2, 0.25) is 0 Å². The van der Waals surface area contributed by atoms with Gasteiger partial charge in [0.1, 0.15) is 7.05 Å². The normalized spacial score (nSPS) is 18.5. The molecule has 1 aliphatic carbocycles. The first kappa shape index (κ1) is 19.1. The molecule has 3 rings (SSSR count). The van der Waals surface area contributed by atoms with Crippen molar-refractivity contribution >= 4 is 0 Å². The molecule has 1 aliphatic rings. The Morgan fingerprint density at radius 3 is 1.96 bits per heavy atom. The van der Waals surface area contributed by atoms with Gasteiger partial charge in [0.15, 0.2) is 6.20 Å². The van der Waals surface area contributed by atoms with E-state index in [9.17, 15) is 0 Å². The molecule has 0 unspecified atom stereocenters. The number of rotatable bonds is 1. The molecule has 1 nitrogen and oxygen atoms in total. The molecule has 1 aromatic carbocycles. The van der Waals surface area contributed by atoms with Crippen LogP contribution in [-0.2, 0) is 23.3 Å². The van der Waals surface area contributed by atoms with Crippen LogP contribution in [0, 0.1) is 6.92 Å². The van der Waals surface area contributed by atoms with Crippen LogP contribution in [0.1, 0.15) is 83.6 Å². The van der Waals surface area contributed by atoms with Crippen LogP contribution in [0.15, 0.2) is 30.5 Å². The zero-order valence-electron chi connectivity index (χ0n) is 18.2. The molecule has 0 atom stereocenters. The molecule has 0 saturated carbocycles. The molecule has 0 bridgehead atoms. The van der Waals surface area contributed by atoms with Crippen LogP contribution in [0.5, 0.6) is 0 Å². The summed E-state index contributed by atoms with van der Waals surface area (Å²) in [5.74, 6) is 0. The van der Waals surface area contributed by atoms with E-state index in [1.165, 1.54) is 40.8 Å². The molecule has 1 aromatic heterocycles. The third kappa shape index (κ3) is 3.21. The Balaban J connectivity index is 2.26. The zero-order chi connectivity index (χ0) is 19.5. The molecule has 1 heterocycles. The average Bonchev–Trinajstić information content (AvgIpc) is 2.51. The summed E-state index contributed by atoms with van der Waals surface area (Å²) in [6, 6.07) is 9.60. The summed E-state index contributed by atoms with van der Waals surface area (Å²) in [7, 11) is 2.16. The molecule has 0 N–H and O–H groups in total. The van der Waals surface area contributed by atoms with E-state index in [4.69, 9.17) is 0 Å². The second-order valence-corrected chi connectivity index (χ2v) is 10.6. The molecule has 0 fully saturated rings. The Labute approximate surface area is 160 Å². The Bertz CT molecular complexity index is 847. The van der Waals surface area contributed by atoms with Crippen molar-refractivity contribution in [2.45, 2.75) is 84.5 Å². The van der Waals surface area contributed by atoms with Crippen LogP contribution in [0.4, 0.5) is 0 Å². The van der Waals surface area contributed by atoms with Gasteiger partial charge in [-0.2, -0.15) is 0 Å². The molecule has 0 radical (unpaired) electrons. The summed E-state index contributed by atoms with van der Waals surface area (Å²) >= 11 is 0. The fourth-order valence-corrected chi connectivity index (χ4v) is 4.30. The lowest BCUT2D eigenvalue weighted by Crippen LogP contribution is -2.35. The maximum atomic E-state index is 2.49. The minimum Gasteiger partial charge on any atom is -0.201 e.